The number of rotatable bonds is 5. The van der Waals surface area contributed by atoms with E-state index in [0.29, 0.717) is 35.3 Å². The third-order valence-electron chi connectivity index (χ3n) is 5.23. The molecule has 1 unspecified atom stereocenters. The van der Waals surface area contributed by atoms with Crippen molar-refractivity contribution in [1.29, 1.82) is 0 Å². The van der Waals surface area contributed by atoms with Gasteiger partial charge in [0.2, 0.25) is 0 Å². The highest BCUT2D eigenvalue weighted by atomic mass is 35.5. The minimum atomic E-state index is -2.38. The molecular weight excluding hydrogens is 405 g/mol. The zero-order valence-electron chi connectivity index (χ0n) is 14.7. The van der Waals surface area contributed by atoms with E-state index in [9.17, 15) is 23.1 Å². The van der Waals surface area contributed by atoms with Crippen molar-refractivity contribution in [3.05, 3.63) is 64.1 Å². The van der Waals surface area contributed by atoms with Crippen molar-refractivity contribution < 1.29 is 23.1 Å². The number of carboxylic acid groups (broad SMARTS) is 1. The van der Waals surface area contributed by atoms with Gasteiger partial charge in [-0.2, -0.15) is 0 Å². The van der Waals surface area contributed by atoms with Gasteiger partial charge in [-0.05, 0) is 48.2 Å². The number of aryl methyl sites for hydroxylation is 1. The van der Waals surface area contributed by atoms with E-state index in [1.807, 2.05) is 16.7 Å². The molecule has 0 saturated carbocycles. The van der Waals surface area contributed by atoms with Gasteiger partial charge in [0.25, 0.3) is 0 Å². The number of benzene rings is 2. The number of aromatic nitrogens is 1. The first-order chi connectivity index (χ1) is 13.3. The minimum absolute atomic E-state index is 0.00700. The van der Waals surface area contributed by atoms with Gasteiger partial charge in [-0.25, -0.2) is 8.60 Å². The van der Waals surface area contributed by atoms with Crippen molar-refractivity contribution >= 4 is 39.6 Å². The Kier molecular flexibility index (Phi) is 4.99. The topological polar surface area (TPSA) is 79.5 Å². The SMILES string of the molecule is O=C(O)C[C@H]1CCc2c1n(Cc1ccc(Cl)cc1)c1c(S(=O)O)cc(F)cc21. The molecule has 3 aromatic rings. The van der Waals surface area contributed by atoms with Gasteiger partial charge < -0.3 is 14.2 Å². The lowest BCUT2D eigenvalue weighted by atomic mass is 10.0. The second kappa shape index (κ2) is 7.31. The Morgan fingerprint density at radius 2 is 2.00 bits per heavy atom. The first kappa shape index (κ1) is 19.1. The van der Waals surface area contributed by atoms with Gasteiger partial charge in [0, 0.05) is 28.6 Å². The lowest BCUT2D eigenvalue weighted by Gasteiger charge is -2.16. The van der Waals surface area contributed by atoms with Gasteiger partial charge in [0.05, 0.1) is 16.8 Å². The number of hydrogen-bond acceptors (Lipinski definition) is 2. The van der Waals surface area contributed by atoms with Crippen LogP contribution in [0, 0.1) is 5.82 Å². The van der Waals surface area contributed by atoms with E-state index in [4.69, 9.17) is 11.6 Å². The van der Waals surface area contributed by atoms with Crippen LogP contribution in [0.25, 0.3) is 10.9 Å². The van der Waals surface area contributed by atoms with Crippen LogP contribution in [0.5, 0.6) is 0 Å². The summed E-state index contributed by atoms with van der Waals surface area (Å²) >= 11 is 3.58. The predicted octanol–water partition coefficient (Wildman–Crippen LogP) is 4.57. The molecule has 1 aliphatic rings. The Balaban J connectivity index is 1.97. The van der Waals surface area contributed by atoms with Crippen LogP contribution in [-0.2, 0) is 28.8 Å². The average molecular weight is 422 g/mol. The second-order valence-corrected chi connectivity index (χ2v) is 8.33. The number of halogens is 2. The third kappa shape index (κ3) is 3.34. The zero-order valence-corrected chi connectivity index (χ0v) is 16.3. The summed E-state index contributed by atoms with van der Waals surface area (Å²) in [6.45, 7) is 0.370. The summed E-state index contributed by atoms with van der Waals surface area (Å²) in [4.78, 5) is 11.3. The Morgan fingerprint density at radius 1 is 1.29 bits per heavy atom. The molecule has 0 radical (unpaired) electrons. The number of aliphatic carboxylic acids is 1. The van der Waals surface area contributed by atoms with Gasteiger partial charge in [-0.3, -0.25) is 4.79 Å². The fourth-order valence-electron chi connectivity index (χ4n) is 4.17. The maximum absolute atomic E-state index is 14.2. The van der Waals surface area contributed by atoms with Crippen LogP contribution in [0.4, 0.5) is 4.39 Å². The van der Waals surface area contributed by atoms with Crippen LogP contribution >= 0.6 is 11.6 Å². The van der Waals surface area contributed by atoms with Gasteiger partial charge >= 0.3 is 5.97 Å². The largest absolute Gasteiger partial charge is 0.481 e. The Hall–Kier alpha value is -2.22. The Morgan fingerprint density at radius 3 is 2.64 bits per heavy atom. The summed E-state index contributed by atoms with van der Waals surface area (Å²) in [6, 6.07) is 9.64. The summed E-state index contributed by atoms with van der Waals surface area (Å²) in [7, 11) is 0. The molecule has 2 atom stereocenters. The molecule has 4 rings (SSSR count). The molecule has 1 aromatic heterocycles. The van der Waals surface area contributed by atoms with Crippen molar-refractivity contribution in [3.63, 3.8) is 0 Å². The monoisotopic (exact) mass is 421 g/mol. The molecule has 1 aliphatic carbocycles. The summed E-state index contributed by atoms with van der Waals surface area (Å²) < 4.78 is 37.7. The smallest absolute Gasteiger partial charge is 0.304 e. The molecule has 1 heterocycles. The van der Waals surface area contributed by atoms with Crippen molar-refractivity contribution in [3.8, 4) is 0 Å². The van der Waals surface area contributed by atoms with Gasteiger partial charge in [0.1, 0.15) is 5.82 Å². The highest BCUT2D eigenvalue weighted by Gasteiger charge is 2.33. The number of hydrogen-bond donors (Lipinski definition) is 2. The summed E-state index contributed by atoms with van der Waals surface area (Å²) in [5, 5.41) is 10.5. The molecule has 0 amide bonds. The lowest BCUT2D eigenvalue weighted by molar-refractivity contribution is -0.137. The highest BCUT2D eigenvalue weighted by Crippen LogP contribution is 2.43. The van der Waals surface area contributed by atoms with Crippen LogP contribution in [0.15, 0.2) is 41.3 Å². The van der Waals surface area contributed by atoms with E-state index in [-0.39, 0.29) is 17.2 Å². The van der Waals surface area contributed by atoms with Gasteiger partial charge in [-0.1, -0.05) is 23.7 Å². The maximum Gasteiger partial charge on any atom is 0.304 e. The number of carboxylic acids is 1. The fourth-order valence-corrected chi connectivity index (χ4v) is 4.89. The van der Waals surface area contributed by atoms with Crippen LogP contribution in [-0.4, -0.2) is 24.4 Å². The van der Waals surface area contributed by atoms with Gasteiger partial charge in [-0.15, -0.1) is 0 Å². The predicted molar refractivity (Wildman–Crippen MR) is 105 cm³/mol. The summed E-state index contributed by atoms with van der Waals surface area (Å²) in [5.74, 6) is -1.72. The van der Waals surface area contributed by atoms with Crippen molar-refractivity contribution in [2.45, 2.75) is 36.6 Å². The van der Waals surface area contributed by atoms with E-state index in [1.165, 1.54) is 6.07 Å². The maximum atomic E-state index is 14.2. The highest BCUT2D eigenvalue weighted by molar-refractivity contribution is 7.79. The lowest BCUT2D eigenvalue weighted by Crippen LogP contribution is -2.11. The molecule has 0 aliphatic heterocycles. The van der Waals surface area contributed by atoms with E-state index in [0.717, 1.165) is 22.9 Å². The molecule has 0 saturated heterocycles. The molecule has 0 spiro atoms. The Bertz CT molecular complexity index is 1110. The van der Waals surface area contributed by atoms with Crippen LogP contribution < -0.4 is 0 Å². The number of fused-ring (bicyclic) bond motifs is 3. The average Bonchev–Trinajstić information content (AvgIpc) is 3.16. The quantitative estimate of drug-likeness (QED) is 0.591. The molecule has 8 heteroatoms. The molecule has 2 N–H and O–H groups in total. The molecule has 5 nitrogen and oxygen atoms in total. The van der Waals surface area contributed by atoms with Crippen molar-refractivity contribution in [2.75, 3.05) is 0 Å². The molecule has 0 bridgehead atoms. The first-order valence-electron chi connectivity index (χ1n) is 8.76. The fraction of sp³-hybridized carbons (Fsp3) is 0.250. The van der Waals surface area contributed by atoms with Crippen molar-refractivity contribution in [1.82, 2.24) is 4.57 Å². The standard InChI is InChI=1S/C20H17ClFNO4S/c21-13-4-1-11(2-5-13)10-23-19-12(7-18(24)25)3-6-15(19)16-8-14(22)9-17(20(16)23)28(26)27/h1-2,4-5,8-9,12H,3,6-7,10H2,(H,24,25)(H,26,27)/t12-/m1/s1. The molecule has 2 aromatic carbocycles. The van der Waals surface area contributed by atoms with Crippen LogP contribution in [0.3, 0.4) is 0 Å². The molecule has 28 heavy (non-hydrogen) atoms. The first-order valence-corrected chi connectivity index (χ1v) is 10.2. The molecule has 0 fully saturated rings. The van der Waals surface area contributed by atoms with E-state index in [1.54, 1.807) is 12.1 Å². The van der Waals surface area contributed by atoms with Gasteiger partial charge in [0.15, 0.2) is 11.1 Å². The van der Waals surface area contributed by atoms with E-state index < -0.39 is 22.9 Å². The molecular formula is C20H17ClFNO4S. The van der Waals surface area contributed by atoms with Crippen molar-refractivity contribution in [2.24, 2.45) is 0 Å². The van der Waals surface area contributed by atoms with E-state index in [2.05, 4.69) is 0 Å². The summed E-state index contributed by atoms with van der Waals surface area (Å²) in [6.07, 6.45) is 1.23. The zero-order chi connectivity index (χ0) is 20.0. The normalized spacial score (nSPS) is 17.0. The summed E-state index contributed by atoms with van der Waals surface area (Å²) in [5.41, 5.74) is 3.06. The second-order valence-electron chi connectivity index (χ2n) is 6.96. The van der Waals surface area contributed by atoms with Crippen LogP contribution in [0.2, 0.25) is 5.02 Å². The minimum Gasteiger partial charge on any atom is -0.481 e. The number of nitrogens with zero attached hydrogens (tertiary/aromatic N) is 1. The number of carbonyl (C=O) groups is 1. The Labute approximate surface area is 168 Å². The third-order valence-corrected chi connectivity index (χ3v) is 6.17. The molecule has 146 valence electrons. The van der Waals surface area contributed by atoms with Crippen LogP contribution in [0.1, 0.15) is 35.6 Å². The van der Waals surface area contributed by atoms with E-state index >= 15 is 0 Å².